The number of nitrogens with one attached hydrogen (secondary N) is 1. The van der Waals surface area contributed by atoms with E-state index in [1.165, 1.54) is 0 Å². The number of benzene rings is 2. The monoisotopic (exact) mass is 324 g/mol. The van der Waals surface area contributed by atoms with Gasteiger partial charge in [-0.3, -0.25) is 4.72 Å². The molecule has 0 fully saturated rings. The lowest BCUT2D eigenvalue weighted by molar-refractivity contribution is 0.601. The van der Waals surface area contributed by atoms with Crippen LogP contribution >= 0.6 is 15.9 Å². The zero-order valence-corrected chi connectivity index (χ0v) is 11.8. The SMILES string of the molecule is [CH2]c1ccc(NS(=O)(=O)c2ccc(Br)cc2)cc1. The largest absolute Gasteiger partial charge is 0.280 e. The first-order chi connectivity index (χ1) is 8.47. The predicted molar refractivity (Wildman–Crippen MR) is 75.9 cm³/mol. The number of halogens is 1. The maximum atomic E-state index is 12.1. The Labute approximate surface area is 115 Å². The molecule has 5 heteroatoms. The fourth-order valence-corrected chi connectivity index (χ4v) is 2.72. The van der Waals surface area contributed by atoms with E-state index in [9.17, 15) is 8.42 Å². The summed E-state index contributed by atoms with van der Waals surface area (Å²) in [5, 5.41) is 0. The maximum Gasteiger partial charge on any atom is 0.261 e. The molecule has 18 heavy (non-hydrogen) atoms. The van der Waals surface area contributed by atoms with Crippen LogP contribution in [-0.2, 0) is 10.0 Å². The average molecular weight is 325 g/mol. The Morgan fingerprint density at radius 2 is 1.50 bits per heavy atom. The summed E-state index contributed by atoms with van der Waals surface area (Å²) in [4.78, 5) is 0.226. The highest BCUT2D eigenvalue weighted by atomic mass is 79.9. The van der Waals surface area contributed by atoms with Crippen LogP contribution in [0.2, 0.25) is 0 Å². The highest BCUT2D eigenvalue weighted by molar-refractivity contribution is 9.10. The van der Waals surface area contributed by atoms with Crippen LogP contribution in [0, 0.1) is 6.92 Å². The molecular weight excluding hydrogens is 314 g/mol. The zero-order chi connectivity index (χ0) is 13.2. The second kappa shape index (κ2) is 5.12. The van der Waals surface area contributed by atoms with Crippen LogP contribution in [0.5, 0.6) is 0 Å². The van der Waals surface area contributed by atoms with E-state index in [1.54, 1.807) is 48.5 Å². The summed E-state index contributed by atoms with van der Waals surface area (Å²) < 4.78 is 27.5. The molecule has 93 valence electrons. The summed E-state index contributed by atoms with van der Waals surface area (Å²) in [5.41, 5.74) is 1.35. The van der Waals surface area contributed by atoms with Gasteiger partial charge >= 0.3 is 0 Å². The van der Waals surface area contributed by atoms with E-state index in [4.69, 9.17) is 0 Å². The number of rotatable bonds is 3. The first-order valence-electron chi connectivity index (χ1n) is 5.18. The van der Waals surface area contributed by atoms with Crippen molar-refractivity contribution in [3.63, 3.8) is 0 Å². The van der Waals surface area contributed by atoms with Crippen molar-refractivity contribution in [1.82, 2.24) is 0 Å². The van der Waals surface area contributed by atoms with Crippen molar-refractivity contribution in [3.05, 3.63) is 65.5 Å². The van der Waals surface area contributed by atoms with Crippen molar-refractivity contribution in [3.8, 4) is 0 Å². The van der Waals surface area contributed by atoms with Crippen molar-refractivity contribution in [2.24, 2.45) is 0 Å². The third kappa shape index (κ3) is 3.11. The molecule has 0 saturated heterocycles. The molecule has 0 unspecified atom stereocenters. The highest BCUT2D eigenvalue weighted by Gasteiger charge is 2.13. The van der Waals surface area contributed by atoms with Gasteiger partial charge in [0.1, 0.15) is 0 Å². The van der Waals surface area contributed by atoms with Crippen molar-refractivity contribution < 1.29 is 8.42 Å². The summed E-state index contributed by atoms with van der Waals surface area (Å²) in [7, 11) is -3.53. The topological polar surface area (TPSA) is 46.2 Å². The average Bonchev–Trinajstić information content (AvgIpc) is 2.32. The number of hydrogen-bond donors (Lipinski definition) is 1. The Balaban J connectivity index is 2.27. The van der Waals surface area contributed by atoms with E-state index < -0.39 is 10.0 Å². The van der Waals surface area contributed by atoms with Gasteiger partial charge in [-0.25, -0.2) is 8.42 Å². The van der Waals surface area contributed by atoms with Gasteiger partial charge in [-0.05, 0) is 48.9 Å². The molecule has 0 saturated carbocycles. The van der Waals surface area contributed by atoms with Gasteiger partial charge in [0.2, 0.25) is 0 Å². The van der Waals surface area contributed by atoms with Gasteiger partial charge < -0.3 is 0 Å². The van der Waals surface area contributed by atoms with Crippen molar-refractivity contribution in [2.75, 3.05) is 4.72 Å². The second-order valence-corrected chi connectivity index (χ2v) is 6.35. The van der Waals surface area contributed by atoms with E-state index >= 15 is 0 Å². The number of sulfonamides is 1. The molecule has 1 N–H and O–H groups in total. The van der Waals surface area contributed by atoms with E-state index in [2.05, 4.69) is 27.6 Å². The molecule has 2 aromatic carbocycles. The van der Waals surface area contributed by atoms with Gasteiger partial charge in [0, 0.05) is 10.2 Å². The third-order valence-electron chi connectivity index (χ3n) is 2.33. The standard InChI is InChI=1S/C13H11BrNO2S/c1-10-2-6-12(7-3-10)15-18(16,17)13-8-4-11(14)5-9-13/h2-9,15H,1H2. The molecular formula is C13H11BrNO2S. The fraction of sp³-hybridized carbons (Fsp3) is 0. The van der Waals surface area contributed by atoms with Crippen LogP contribution in [0.1, 0.15) is 5.56 Å². The quantitative estimate of drug-likeness (QED) is 0.940. The van der Waals surface area contributed by atoms with E-state index in [0.29, 0.717) is 5.69 Å². The molecule has 0 atom stereocenters. The minimum atomic E-state index is -3.53. The molecule has 0 bridgehead atoms. The van der Waals surface area contributed by atoms with Crippen LogP contribution in [0.4, 0.5) is 5.69 Å². The number of hydrogen-bond acceptors (Lipinski definition) is 2. The second-order valence-electron chi connectivity index (χ2n) is 3.76. The molecule has 0 heterocycles. The normalized spacial score (nSPS) is 11.2. The lowest BCUT2D eigenvalue weighted by atomic mass is 10.2. The molecule has 1 radical (unpaired) electrons. The predicted octanol–water partition coefficient (Wildman–Crippen LogP) is 3.43. The van der Waals surface area contributed by atoms with Gasteiger partial charge in [0.15, 0.2) is 0 Å². The van der Waals surface area contributed by atoms with Crippen LogP contribution < -0.4 is 4.72 Å². The minimum Gasteiger partial charge on any atom is -0.280 e. The highest BCUT2D eigenvalue weighted by Crippen LogP contribution is 2.18. The summed E-state index contributed by atoms with van der Waals surface area (Å²) in [6.45, 7) is 3.74. The van der Waals surface area contributed by atoms with Gasteiger partial charge in [-0.2, -0.15) is 0 Å². The maximum absolute atomic E-state index is 12.1. The van der Waals surface area contributed by atoms with Gasteiger partial charge in [-0.1, -0.05) is 28.1 Å². The molecule has 2 rings (SSSR count). The molecule has 0 aliphatic rings. The molecule has 0 aliphatic carbocycles. The minimum absolute atomic E-state index is 0.226. The Hall–Kier alpha value is -1.33. The smallest absolute Gasteiger partial charge is 0.261 e. The summed E-state index contributed by atoms with van der Waals surface area (Å²) in [6.07, 6.45) is 0. The first-order valence-corrected chi connectivity index (χ1v) is 7.45. The third-order valence-corrected chi connectivity index (χ3v) is 4.26. The Bertz CT molecular complexity index is 634. The molecule has 3 nitrogen and oxygen atoms in total. The first kappa shape index (κ1) is 13.1. The van der Waals surface area contributed by atoms with Crippen LogP contribution in [0.25, 0.3) is 0 Å². The van der Waals surface area contributed by atoms with E-state index in [1.807, 2.05) is 0 Å². The molecule has 0 amide bonds. The fourth-order valence-electron chi connectivity index (χ4n) is 1.40. The molecule has 2 aromatic rings. The van der Waals surface area contributed by atoms with E-state index in [0.717, 1.165) is 10.0 Å². The number of anilines is 1. The Kier molecular flexibility index (Phi) is 3.73. The lowest BCUT2D eigenvalue weighted by Gasteiger charge is -2.08. The van der Waals surface area contributed by atoms with Crippen molar-refractivity contribution in [2.45, 2.75) is 4.90 Å². The van der Waals surface area contributed by atoms with Crippen LogP contribution in [0.15, 0.2) is 57.9 Å². The Morgan fingerprint density at radius 1 is 0.944 bits per heavy atom. The van der Waals surface area contributed by atoms with Gasteiger partial charge in [0.05, 0.1) is 4.90 Å². The van der Waals surface area contributed by atoms with E-state index in [-0.39, 0.29) is 4.90 Å². The summed E-state index contributed by atoms with van der Waals surface area (Å²) >= 11 is 3.26. The lowest BCUT2D eigenvalue weighted by Crippen LogP contribution is -2.12. The summed E-state index contributed by atoms with van der Waals surface area (Å²) in [6, 6.07) is 13.3. The Morgan fingerprint density at radius 3 is 2.06 bits per heavy atom. The van der Waals surface area contributed by atoms with Crippen molar-refractivity contribution >= 4 is 31.6 Å². The van der Waals surface area contributed by atoms with Gasteiger partial charge in [0.25, 0.3) is 10.0 Å². The van der Waals surface area contributed by atoms with Crippen LogP contribution in [0.3, 0.4) is 0 Å². The van der Waals surface area contributed by atoms with Crippen LogP contribution in [-0.4, -0.2) is 8.42 Å². The molecule has 0 aromatic heterocycles. The van der Waals surface area contributed by atoms with Crippen molar-refractivity contribution in [1.29, 1.82) is 0 Å². The zero-order valence-electron chi connectivity index (χ0n) is 9.43. The molecule has 0 spiro atoms. The summed E-state index contributed by atoms with van der Waals surface area (Å²) in [5.74, 6) is 0. The van der Waals surface area contributed by atoms with Gasteiger partial charge in [-0.15, -0.1) is 0 Å². The molecule has 0 aliphatic heterocycles.